The van der Waals surface area contributed by atoms with Crippen molar-refractivity contribution in [3.63, 3.8) is 0 Å². The molecule has 1 aromatic carbocycles. The third-order valence-electron chi connectivity index (χ3n) is 2.50. The average molecular weight is 243 g/mol. The zero-order valence-corrected chi connectivity index (χ0v) is 10.9. The molecule has 0 N–H and O–H groups in total. The quantitative estimate of drug-likeness (QED) is 0.814. The number of aryl methyl sites for hydroxylation is 3. The number of rotatable bonds is 2. The molecule has 0 aliphatic heterocycles. The minimum atomic E-state index is 0.717. The molecule has 0 saturated carbocycles. The molecule has 4 heteroatoms. The third-order valence-corrected chi connectivity index (χ3v) is 3.84. The van der Waals surface area contributed by atoms with Crippen LogP contribution in [0.25, 0.3) is 0 Å². The van der Waals surface area contributed by atoms with Crippen LogP contribution in [0.3, 0.4) is 0 Å². The van der Waals surface area contributed by atoms with E-state index in [1.54, 1.807) is 11.8 Å². The normalized spacial score (nSPS) is 10.2. The van der Waals surface area contributed by atoms with Gasteiger partial charge >= 0.3 is 0 Å². The SMILES string of the molecule is Cc1cc(Sc2c(C)cccc2C#N)n(C)n1. The first kappa shape index (κ1) is 11.7. The van der Waals surface area contributed by atoms with Gasteiger partial charge in [-0.25, -0.2) is 0 Å². The first-order chi connectivity index (χ1) is 8.11. The van der Waals surface area contributed by atoms with Crippen molar-refractivity contribution in [2.24, 2.45) is 7.05 Å². The van der Waals surface area contributed by atoms with Crippen molar-refractivity contribution >= 4 is 11.8 Å². The van der Waals surface area contributed by atoms with Gasteiger partial charge < -0.3 is 0 Å². The van der Waals surface area contributed by atoms with Gasteiger partial charge in [0.25, 0.3) is 0 Å². The second kappa shape index (κ2) is 4.64. The molecule has 0 radical (unpaired) electrons. The summed E-state index contributed by atoms with van der Waals surface area (Å²) in [4.78, 5) is 1.01. The van der Waals surface area contributed by atoms with Gasteiger partial charge in [0.05, 0.1) is 16.3 Å². The Bertz CT molecular complexity index is 593. The monoisotopic (exact) mass is 243 g/mol. The van der Waals surface area contributed by atoms with Gasteiger partial charge in [-0.1, -0.05) is 23.9 Å². The van der Waals surface area contributed by atoms with Crippen LogP contribution in [0.4, 0.5) is 0 Å². The minimum Gasteiger partial charge on any atom is -0.262 e. The fourth-order valence-electron chi connectivity index (χ4n) is 1.66. The van der Waals surface area contributed by atoms with Gasteiger partial charge in [-0.2, -0.15) is 10.4 Å². The van der Waals surface area contributed by atoms with E-state index in [1.165, 1.54) is 0 Å². The molecule has 2 aromatic rings. The summed E-state index contributed by atoms with van der Waals surface area (Å²) in [6.07, 6.45) is 0. The van der Waals surface area contributed by atoms with Crippen LogP contribution in [0.2, 0.25) is 0 Å². The molecule has 0 spiro atoms. The van der Waals surface area contributed by atoms with E-state index in [0.29, 0.717) is 5.56 Å². The zero-order valence-electron chi connectivity index (χ0n) is 10.1. The molecule has 86 valence electrons. The van der Waals surface area contributed by atoms with E-state index in [-0.39, 0.29) is 0 Å². The molecule has 0 atom stereocenters. The van der Waals surface area contributed by atoms with Crippen molar-refractivity contribution in [3.05, 3.63) is 41.1 Å². The van der Waals surface area contributed by atoms with Crippen LogP contribution in [0.1, 0.15) is 16.8 Å². The highest BCUT2D eigenvalue weighted by Crippen LogP contribution is 2.32. The first-order valence-corrected chi connectivity index (χ1v) is 6.11. The van der Waals surface area contributed by atoms with Crippen molar-refractivity contribution in [1.29, 1.82) is 5.26 Å². The van der Waals surface area contributed by atoms with Crippen molar-refractivity contribution in [1.82, 2.24) is 9.78 Å². The van der Waals surface area contributed by atoms with Crippen LogP contribution in [-0.2, 0) is 7.05 Å². The highest BCUT2D eigenvalue weighted by Gasteiger charge is 2.10. The zero-order chi connectivity index (χ0) is 12.4. The van der Waals surface area contributed by atoms with Gasteiger partial charge in [-0.15, -0.1) is 0 Å². The molecule has 2 rings (SSSR count). The second-order valence-corrected chi connectivity index (χ2v) is 4.94. The molecule has 17 heavy (non-hydrogen) atoms. The standard InChI is InChI=1S/C13H13N3S/c1-9-5-4-6-11(8-14)13(9)17-12-7-10(2)15-16(12)3/h4-7H,1-3H3. The van der Waals surface area contributed by atoms with Gasteiger partial charge in [0.2, 0.25) is 0 Å². The molecule has 0 saturated heterocycles. The van der Waals surface area contributed by atoms with Crippen LogP contribution in [0.5, 0.6) is 0 Å². The van der Waals surface area contributed by atoms with Gasteiger partial charge in [-0.05, 0) is 31.5 Å². The van der Waals surface area contributed by atoms with Gasteiger partial charge in [-0.3, -0.25) is 4.68 Å². The smallest absolute Gasteiger partial charge is 0.100 e. The number of nitrogens with zero attached hydrogens (tertiary/aromatic N) is 3. The average Bonchev–Trinajstić information content (AvgIpc) is 2.60. The highest BCUT2D eigenvalue weighted by molar-refractivity contribution is 7.99. The molecular weight excluding hydrogens is 230 g/mol. The van der Waals surface area contributed by atoms with Crippen LogP contribution < -0.4 is 0 Å². The fourth-order valence-corrected chi connectivity index (χ4v) is 2.73. The van der Waals surface area contributed by atoms with Crippen LogP contribution >= 0.6 is 11.8 Å². The largest absolute Gasteiger partial charge is 0.262 e. The van der Waals surface area contributed by atoms with Gasteiger partial charge in [0.1, 0.15) is 6.07 Å². The van der Waals surface area contributed by atoms with Crippen LogP contribution in [0.15, 0.2) is 34.2 Å². The number of aromatic nitrogens is 2. The van der Waals surface area contributed by atoms with E-state index < -0.39 is 0 Å². The Kier molecular flexibility index (Phi) is 3.21. The molecular formula is C13H13N3S. The maximum atomic E-state index is 9.11. The topological polar surface area (TPSA) is 41.6 Å². The van der Waals surface area contributed by atoms with Crippen LogP contribution in [-0.4, -0.2) is 9.78 Å². The number of nitriles is 1. The maximum Gasteiger partial charge on any atom is 0.100 e. The minimum absolute atomic E-state index is 0.717. The van der Waals surface area contributed by atoms with Crippen LogP contribution in [0, 0.1) is 25.2 Å². The van der Waals surface area contributed by atoms with Crippen molar-refractivity contribution in [3.8, 4) is 6.07 Å². The van der Waals surface area contributed by atoms with Gasteiger partial charge in [0, 0.05) is 11.9 Å². The summed E-state index contributed by atoms with van der Waals surface area (Å²) in [5.74, 6) is 0. The number of benzene rings is 1. The molecule has 0 bridgehead atoms. The van der Waals surface area contributed by atoms with Crippen molar-refractivity contribution < 1.29 is 0 Å². The molecule has 3 nitrogen and oxygen atoms in total. The predicted molar refractivity (Wildman–Crippen MR) is 68.0 cm³/mol. The van der Waals surface area contributed by atoms with E-state index in [0.717, 1.165) is 21.2 Å². The first-order valence-electron chi connectivity index (χ1n) is 5.30. The van der Waals surface area contributed by atoms with Crippen molar-refractivity contribution in [2.75, 3.05) is 0 Å². The lowest BCUT2D eigenvalue weighted by molar-refractivity contribution is 0.692. The predicted octanol–water partition coefficient (Wildman–Crippen LogP) is 3.06. The highest BCUT2D eigenvalue weighted by atomic mass is 32.2. The van der Waals surface area contributed by atoms with E-state index >= 15 is 0 Å². The lowest BCUT2D eigenvalue weighted by Gasteiger charge is -2.07. The third kappa shape index (κ3) is 2.34. The summed E-state index contributed by atoms with van der Waals surface area (Å²) >= 11 is 1.59. The Morgan fingerprint density at radius 3 is 2.71 bits per heavy atom. The van der Waals surface area contributed by atoms with E-state index in [1.807, 2.05) is 49.8 Å². The summed E-state index contributed by atoms with van der Waals surface area (Å²) < 4.78 is 1.84. The summed E-state index contributed by atoms with van der Waals surface area (Å²) in [5, 5.41) is 14.5. The Balaban J connectivity index is 2.43. The van der Waals surface area contributed by atoms with E-state index in [2.05, 4.69) is 11.2 Å². The lowest BCUT2D eigenvalue weighted by atomic mass is 10.1. The summed E-state index contributed by atoms with van der Waals surface area (Å²) in [6, 6.07) is 10.0. The lowest BCUT2D eigenvalue weighted by Crippen LogP contribution is -1.93. The Morgan fingerprint density at radius 1 is 1.35 bits per heavy atom. The van der Waals surface area contributed by atoms with E-state index in [9.17, 15) is 0 Å². The maximum absolute atomic E-state index is 9.11. The Labute approximate surface area is 105 Å². The summed E-state index contributed by atoms with van der Waals surface area (Å²) in [7, 11) is 1.92. The fraction of sp³-hybridized carbons (Fsp3) is 0.231. The Morgan fingerprint density at radius 2 is 2.12 bits per heavy atom. The number of hydrogen-bond acceptors (Lipinski definition) is 3. The number of hydrogen-bond donors (Lipinski definition) is 0. The van der Waals surface area contributed by atoms with Gasteiger partial charge in [0.15, 0.2) is 0 Å². The molecule has 0 amide bonds. The summed E-state index contributed by atoms with van der Waals surface area (Å²) in [5.41, 5.74) is 2.82. The molecule has 0 fully saturated rings. The summed E-state index contributed by atoms with van der Waals surface area (Å²) in [6.45, 7) is 3.99. The van der Waals surface area contributed by atoms with Crippen molar-refractivity contribution in [2.45, 2.75) is 23.8 Å². The Hall–Kier alpha value is -1.73. The molecule has 1 aromatic heterocycles. The second-order valence-electron chi connectivity index (χ2n) is 3.91. The molecule has 0 aliphatic rings. The van der Waals surface area contributed by atoms with E-state index in [4.69, 9.17) is 5.26 Å². The molecule has 0 aliphatic carbocycles. The molecule has 1 heterocycles. The molecule has 0 unspecified atom stereocenters.